The second kappa shape index (κ2) is 7.50. The van der Waals surface area contributed by atoms with Crippen molar-refractivity contribution < 1.29 is 18.7 Å². The summed E-state index contributed by atoms with van der Waals surface area (Å²) in [4.78, 5) is 26.4. The van der Waals surface area contributed by atoms with E-state index in [-0.39, 0.29) is 30.3 Å². The molecule has 0 saturated carbocycles. The third kappa shape index (κ3) is 3.78. The van der Waals surface area contributed by atoms with Gasteiger partial charge < -0.3 is 20.3 Å². The first-order valence-corrected chi connectivity index (χ1v) is 9.38. The average Bonchev–Trinajstić information content (AvgIpc) is 2.67. The van der Waals surface area contributed by atoms with E-state index in [1.54, 1.807) is 24.3 Å². The number of aryl methyl sites for hydroxylation is 1. The molecule has 0 radical (unpaired) electrons. The molecule has 2 amide bonds. The van der Waals surface area contributed by atoms with Crippen molar-refractivity contribution in [3.05, 3.63) is 53.3 Å². The van der Waals surface area contributed by atoms with Crippen LogP contribution in [0.5, 0.6) is 5.75 Å². The second-order valence-corrected chi connectivity index (χ2v) is 7.24. The first-order chi connectivity index (χ1) is 13.5. The van der Waals surface area contributed by atoms with Crippen molar-refractivity contribution >= 4 is 23.2 Å². The third-order valence-corrected chi connectivity index (χ3v) is 5.13. The minimum absolute atomic E-state index is 0.00687. The molecule has 0 bridgehead atoms. The summed E-state index contributed by atoms with van der Waals surface area (Å²) < 4.78 is 18.7. The Morgan fingerprint density at radius 3 is 2.96 bits per heavy atom. The van der Waals surface area contributed by atoms with Crippen LogP contribution in [0, 0.1) is 12.7 Å². The van der Waals surface area contributed by atoms with Crippen LogP contribution in [-0.2, 0) is 4.79 Å². The van der Waals surface area contributed by atoms with E-state index in [9.17, 15) is 14.0 Å². The maximum absolute atomic E-state index is 13.4. The van der Waals surface area contributed by atoms with Crippen LogP contribution < -0.4 is 20.3 Å². The molecule has 1 saturated heterocycles. The molecule has 0 aliphatic carbocycles. The molecule has 1 unspecified atom stereocenters. The van der Waals surface area contributed by atoms with E-state index in [1.165, 1.54) is 12.1 Å². The highest BCUT2D eigenvalue weighted by molar-refractivity contribution is 6.00. The van der Waals surface area contributed by atoms with Crippen LogP contribution in [0.25, 0.3) is 0 Å². The largest absolute Gasteiger partial charge is 0.482 e. The number of ether oxygens (including phenoxy) is 1. The SMILES string of the molecule is Cc1cc(F)ccc1N1CCCC(NC(=O)c2ccc3c(c2)NC(=O)CO3)C1. The van der Waals surface area contributed by atoms with Gasteiger partial charge in [0.15, 0.2) is 6.61 Å². The number of halogens is 1. The average molecular weight is 383 g/mol. The van der Waals surface area contributed by atoms with Gasteiger partial charge in [0.05, 0.1) is 5.69 Å². The van der Waals surface area contributed by atoms with Gasteiger partial charge >= 0.3 is 0 Å². The number of amides is 2. The number of carbonyl (C=O) groups excluding carboxylic acids is 2. The zero-order chi connectivity index (χ0) is 19.7. The Morgan fingerprint density at radius 1 is 1.29 bits per heavy atom. The van der Waals surface area contributed by atoms with Gasteiger partial charge in [-0.3, -0.25) is 9.59 Å². The Hall–Kier alpha value is -3.09. The fourth-order valence-corrected chi connectivity index (χ4v) is 3.78. The van der Waals surface area contributed by atoms with Gasteiger partial charge in [-0.25, -0.2) is 4.39 Å². The number of nitrogens with zero attached hydrogens (tertiary/aromatic N) is 1. The topological polar surface area (TPSA) is 70.7 Å². The van der Waals surface area contributed by atoms with E-state index in [2.05, 4.69) is 15.5 Å². The van der Waals surface area contributed by atoms with Gasteiger partial charge in [0, 0.05) is 30.4 Å². The molecular weight excluding hydrogens is 361 g/mol. The van der Waals surface area contributed by atoms with E-state index in [0.717, 1.165) is 30.6 Å². The summed E-state index contributed by atoms with van der Waals surface area (Å²) in [5.74, 6) is -0.105. The molecule has 2 aromatic rings. The summed E-state index contributed by atoms with van der Waals surface area (Å²) in [5, 5.41) is 5.79. The van der Waals surface area contributed by atoms with Crippen molar-refractivity contribution in [1.29, 1.82) is 0 Å². The number of nitrogens with one attached hydrogen (secondary N) is 2. The monoisotopic (exact) mass is 383 g/mol. The summed E-state index contributed by atoms with van der Waals surface area (Å²) >= 11 is 0. The summed E-state index contributed by atoms with van der Waals surface area (Å²) in [6.45, 7) is 3.42. The van der Waals surface area contributed by atoms with E-state index in [0.29, 0.717) is 23.5 Å². The Balaban J connectivity index is 1.44. The van der Waals surface area contributed by atoms with Gasteiger partial charge in [0.25, 0.3) is 11.8 Å². The summed E-state index contributed by atoms with van der Waals surface area (Å²) in [6.07, 6.45) is 1.82. The van der Waals surface area contributed by atoms with Crippen LogP contribution in [-0.4, -0.2) is 37.6 Å². The van der Waals surface area contributed by atoms with Crippen LogP contribution in [0.3, 0.4) is 0 Å². The standard InChI is InChI=1S/C21H22FN3O3/c1-13-9-15(22)5-6-18(13)25-8-2-3-16(11-25)23-21(27)14-4-7-19-17(10-14)24-20(26)12-28-19/h4-7,9-10,16H,2-3,8,11-12H2,1H3,(H,23,27)(H,24,26). The molecule has 4 rings (SSSR count). The molecule has 0 spiro atoms. The Labute approximate surface area is 162 Å². The number of hydrogen-bond donors (Lipinski definition) is 2. The molecule has 146 valence electrons. The number of hydrogen-bond acceptors (Lipinski definition) is 4. The summed E-state index contributed by atoms with van der Waals surface area (Å²) in [6, 6.07) is 9.80. The normalized spacial score (nSPS) is 18.7. The van der Waals surface area contributed by atoms with E-state index < -0.39 is 0 Å². The molecule has 1 fully saturated rings. The van der Waals surface area contributed by atoms with Gasteiger partial charge in [-0.2, -0.15) is 0 Å². The van der Waals surface area contributed by atoms with Crippen molar-refractivity contribution in [3.8, 4) is 5.75 Å². The number of fused-ring (bicyclic) bond motifs is 1. The van der Waals surface area contributed by atoms with Gasteiger partial charge in [0.2, 0.25) is 0 Å². The first-order valence-electron chi connectivity index (χ1n) is 9.38. The zero-order valence-corrected chi connectivity index (χ0v) is 15.6. The van der Waals surface area contributed by atoms with Crippen LogP contribution in [0.2, 0.25) is 0 Å². The number of benzene rings is 2. The number of anilines is 2. The van der Waals surface area contributed by atoms with Gasteiger partial charge in [0.1, 0.15) is 11.6 Å². The highest BCUT2D eigenvalue weighted by Gasteiger charge is 2.24. The lowest BCUT2D eigenvalue weighted by molar-refractivity contribution is -0.118. The zero-order valence-electron chi connectivity index (χ0n) is 15.6. The molecular formula is C21H22FN3O3. The summed E-state index contributed by atoms with van der Waals surface area (Å²) in [5.41, 5.74) is 2.86. The molecule has 1 atom stereocenters. The molecule has 7 heteroatoms. The molecule has 2 aliphatic heterocycles. The molecule has 0 aromatic heterocycles. The maximum atomic E-state index is 13.4. The predicted molar refractivity (Wildman–Crippen MR) is 104 cm³/mol. The van der Waals surface area contributed by atoms with Crippen LogP contribution in [0.15, 0.2) is 36.4 Å². The maximum Gasteiger partial charge on any atom is 0.262 e. The molecule has 2 aromatic carbocycles. The minimum atomic E-state index is -0.244. The molecule has 28 heavy (non-hydrogen) atoms. The minimum Gasteiger partial charge on any atom is -0.482 e. The number of rotatable bonds is 3. The number of piperidine rings is 1. The fourth-order valence-electron chi connectivity index (χ4n) is 3.78. The molecule has 6 nitrogen and oxygen atoms in total. The van der Waals surface area contributed by atoms with Crippen molar-refractivity contribution in [2.75, 3.05) is 29.9 Å². The molecule has 2 heterocycles. The predicted octanol–water partition coefficient (Wildman–Crippen LogP) is 2.86. The Kier molecular flexibility index (Phi) is 4.90. The third-order valence-electron chi connectivity index (χ3n) is 5.13. The fraction of sp³-hybridized carbons (Fsp3) is 0.333. The van der Waals surface area contributed by atoms with Crippen molar-refractivity contribution in [3.63, 3.8) is 0 Å². The highest BCUT2D eigenvalue weighted by Crippen LogP contribution is 2.29. The van der Waals surface area contributed by atoms with Gasteiger partial charge in [-0.1, -0.05) is 0 Å². The van der Waals surface area contributed by atoms with E-state index >= 15 is 0 Å². The lowest BCUT2D eigenvalue weighted by Gasteiger charge is -2.35. The lowest BCUT2D eigenvalue weighted by atomic mass is 10.0. The van der Waals surface area contributed by atoms with E-state index in [4.69, 9.17) is 4.74 Å². The lowest BCUT2D eigenvalue weighted by Crippen LogP contribution is -2.48. The highest BCUT2D eigenvalue weighted by atomic mass is 19.1. The van der Waals surface area contributed by atoms with Gasteiger partial charge in [-0.05, 0) is 61.7 Å². The quantitative estimate of drug-likeness (QED) is 0.855. The van der Waals surface area contributed by atoms with Crippen LogP contribution >= 0.6 is 0 Å². The van der Waals surface area contributed by atoms with Crippen molar-refractivity contribution in [1.82, 2.24) is 5.32 Å². The Bertz CT molecular complexity index is 931. The van der Waals surface area contributed by atoms with Crippen molar-refractivity contribution in [2.24, 2.45) is 0 Å². The van der Waals surface area contributed by atoms with Gasteiger partial charge in [-0.15, -0.1) is 0 Å². The van der Waals surface area contributed by atoms with Crippen LogP contribution in [0.1, 0.15) is 28.8 Å². The van der Waals surface area contributed by atoms with Crippen LogP contribution in [0.4, 0.5) is 15.8 Å². The first kappa shape index (κ1) is 18.3. The van der Waals surface area contributed by atoms with Crippen molar-refractivity contribution in [2.45, 2.75) is 25.8 Å². The smallest absolute Gasteiger partial charge is 0.262 e. The molecule has 2 aliphatic rings. The number of carbonyl (C=O) groups is 2. The summed E-state index contributed by atoms with van der Waals surface area (Å²) in [7, 11) is 0. The van der Waals surface area contributed by atoms with E-state index in [1.807, 2.05) is 6.92 Å². The molecule has 2 N–H and O–H groups in total. The Morgan fingerprint density at radius 2 is 2.14 bits per heavy atom. The second-order valence-electron chi connectivity index (χ2n) is 7.24.